The topological polar surface area (TPSA) is 76.0 Å². The van der Waals surface area contributed by atoms with E-state index in [1.165, 1.54) is 31.0 Å². The van der Waals surface area contributed by atoms with Crippen LogP contribution in [0.25, 0.3) is 11.0 Å². The maximum atomic E-state index is 12.5. The molecular formula is C21H25ClN4O2S. The van der Waals surface area contributed by atoms with Gasteiger partial charge >= 0.3 is 6.03 Å². The van der Waals surface area contributed by atoms with E-state index in [9.17, 15) is 9.59 Å². The fourth-order valence-corrected chi connectivity index (χ4v) is 7.06. The molecule has 1 aromatic heterocycles. The van der Waals surface area contributed by atoms with Crippen LogP contribution in [0.3, 0.4) is 0 Å². The molecule has 4 fully saturated rings. The van der Waals surface area contributed by atoms with Crippen LogP contribution in [0.4, 0.5) is 4.79 Å². The van der Waals surface area contributed by atoms with Crippen molar-refractivity contribution >= 4 is 46.3 Å². The molecule has 4 bridgehead atoms. The van der Waals surface area contributed by atoms with Gasteiger partial charge in [0, 0.05) is 17.6 Å². The second-order valence-electron chi connectivity index (χ2n) is 9.08. The summed E-state index contributed by atoms with van der Waals surface area (Å²) in [6.45, 7) is 0. The third-order valence-corrected chi connectivity index (χ3v) is 8.07. The first kappa shape index (κ1) is 19.2. The summed E-state index contributed by atoms with van der Waals surface area (Å²) in [6.07, 6.45) is 7.16. The van der Waals surface area contributed by atoms with Gasteiger partial charge in [0.25, 0.3) is 0 Å². The van der Waals surface area contributed by atoms with Crippen molar-refractivity contribution in [1.29, 1.82) is 0 Å². The number of imidazole rings is 1. The number of nitrogens with one attached hydrogen (secondary N) is 2. The summed E-state index contributed by atoms with van der Waals surface area (Å²) in [5, 5.41) is 7.05. The van der Waals surface area contributed by atoms with E-state index in [-0.39, 0.29) is 23.2 Å². The van der Waals surface area contributed by atoms with Gasteiger partial charge in [0.1, 0.15) is 0 Å². The molecule has 4 aliphatic carbocycles. The van der Waals surface area contributed by atoms with E-state index in [2.05, 4.69) is 15.6 Å². The molecule has 0 atom stereocenters. The van der Waals surface area contributed by atoms with Gasteiger partial charge in [-0.1, -0.05) is 23.4 Å². The van der Waals surface area contributed by atoms with E-state index in [0.717, 1.165) is 53.2 Å². The number of hydrogen-bond donors (Lipinski definition) is 2. The number of imide groups is 1. The Morgan fingerprint density at radius 2 is 1.86 bits per heavy atom. The molecule has 0 saturated heterocycles. The Balaban J connectivity index is 1.17. The predicted octanol–water partition coefficient (Wildman–Crippen LogP) is 4.11. The van der Waals surface area contributed by atoms with Crippen LogP contribution in [0, 0.1) is 17.8 Å². The lowest BCUT2D eigenvalue weighted by Gasteiger charge is -2.56. The Morgan fingerprint density at radius 1 is 1.21 bits per heavy atom. The monoisotopic (exact) mass is 432 g/mol. The highest BCUT2D eigenvalue weighted by Gasteiger charge is 2.51. The van der Waals surface area contributed by atoms with Crippen LogP contribution in [0.5, 0.6) is 0 Å². The Bertz CT molecular complexity index is 953. The van der Waals surface area contributed by atoms with Crippen molar-refractivity contribution in [2.45, 2.75) is 49.2 Å². The van der Waals surface area contributed by atoms with E-state index in [4.69, 9.17) is 11.6 Å². The van der Waals surface area contributed by atoms with Crippen LogP contribution in [0.1, 0.15) is 38.5 Å². The highest BCUT2D eigenvalue weighted by molar-refractivity contribution is 7.99. The fraction of sp³-hybridized carbons (Fsp3) is 0.571. The number of amides is 3. The molecule has 4 aliphatic rings. The second kappa shape index (κ2) is 7.20. The van der Waals surface area contributed by atoms with E-state index < -0.39 is 0 Å². The molecule has 2 aromatic rings. The lowest BCUT2D eigenvalue weighted by Crippen LogP contribution is -2.61. The smallest absolute Gasteiger partial charge is 0.321 e. The first-order valence-corrected chi connectivity index (χ1v) is 11.6. The molecule has 0 unspecified atom stereocenters. The van der Waals surface area contributed by atoms with Crippen LogP contribution in [-0.2, 0) is 11.8 Å². The van der Waals surface area contributed by atoms with Crippen molar-refractivity contribution in [1.82, 2.24) is 20.2 Å². The zero-order valence-electron chi connectivity index (χ0n) is 16.4. The average molecular weight is 433 g/mol. The summed E-state index contributed by atoms with van der Waals surface area (Å²) in [7, 11) is 1.91. The van der Waals surface area contributed by atoms with Crippen LogP contribution in [0.15, 0.2) is 23.4 Å². The van der Waals surface area contributed by atoms with Gasteiger partial charge in [0.05, 0.1) is 16.8 Å². The molecule has 0 aliphatic heterocycles. The molecule has 1 heterocycles. The highest BCUT2D eigenvalue weighted by atomic mass is 35.5. The minimum atomic E-state index is -0.352. The van der Waals surface area contributed by atoms with Crippen molar-refractivity contribution in [3.05, 3.63) is 23.2 Å². The Kier molecular flexibility index (Phi) is 4.78. The number of rotatable bonds is 4. The minimum absolute atomic E-state index is 0.0943. The number of aromatic nitrogens is 2. The standard InChI is InChI=1S/C21H25ClN4O2S/c1-26-17-3-2-15(22)7-16(17)23-20(26)29-11-18(27)24-19(28)25-21-8-12-4-13(9-21)6-14(5-12)10-21/h2-3,7,12-14H,4-6,8-11H2,1H3,(H2,24,25,27,28). The van der Waals surface area contributed by atoms with Crippen molar-refractivity contribution in [3.63, 3.8) is 0 Å². The van der Waals surface area contributed by atoms with Crippen LogP contribution >= 0.6 is 23.4 Å². The van der Waals surface area contributed by atoms with Gasteiger partial charge in [0.15, 0.2) is 5.16 Å². The molecular weight excluding hydrogens is 408 g/mol. The summed E-state index contributed by atoms with van der Waals surface area (Å²) < 4.78 is 1.93. The molecule has 8 heteroatoms. The van der Waals surface area contributed by atoms with Gasteiger partial charge in [-0.3, -0.25) is 10.1 Å². The molecule has 6 rings (SSSR count). The number of nitrogens with zero attached hydrogens (tertiary/aromatic N) is 2. The number of carbonyl (C=O) groups excluding carboxylic acids is 2. The SMILES string of the molecule is Cn1c(SCC(=O)NC(=O)NC23CC4CC(CC(C4)C2)C3)nc2cc(Cl)ccc21. The molecule has 4 saturated carbocycles. The first-order chi connectivity index (χ1) is 13.9. The highest BCUT2D eigenvalue weighted by Crippen LogP contribution is 2.55. The Labute approximate surface area is 179 Å². The Hall–Kier alpha value is -1.73. The minimum Gasteiger partial charge on any atom is -0.332 e. The van der Waals surface area contributed by atoms with Crippen molar-refractivity contribution in [2.75, 3.05) is 5.75 Å². The summed E-state index contributed by atoms with van der Waals surface area (Å²) in [4.78, 5) is 29.4. The molecule has 0 radical (unpaired) electrons. The molecule has 29 heavy (non-hydrogen) atoms. The molecule has 1 aromatic carbocycles. The number of thioether (sulfide) groups is 1. The summed E-state index contributed by atoms with van der Waals surface area (Å²) in [5.41, 5.74) is 1.66. The van der Waals surface area contributed by atoms with Crippen molar-refractivity contribution in [3.8, 4) is 0 Å². The molecule has 3 amide bonds. The summed E-state index contributed by atoms with van der Waals surface area (Å²) in [6, 6.07) is 5.18. The number of aryl methyl sites for hydroxylation is 1. The van der Waals surface area contributed by atoms with Gasteiger partial charge in [-0.15, -0.1) is 0 Å². The first-order valence-electron chi connectivity index (χ1n) is 10.3. The van der Waals surface area contributed by atoms with E-state index >= 15 is 0 Å². The van der Waals surface area contributed by atoms with Gasteiger partial charge in [-0.25, -0.2) is 9.78 Å². The number of benzene rings is 1. The number of halogens is 1. The summed E-state index contributed by atoms with van der Waals surface area (Å²) >= 11 is 7.34. The average Bonchev–Trinajstić information content (AvgIpc) is 2.93. The molecule has 0 spiro atoms. The quantitative estimate of drug-likeness (QED) is 0.713. The molecule has 6 nitrogen and oxygen atoms in total. The predicted molar refractivity (Wildman–Crippen MR) is 114 cm³/mol. The zero-order valence-corrected chi connectivity index (χ0v) is 18.0. The molecule has 154 valence electrons. The normalized spacial score (nSPS) is 29.9. The third-order valence-electron chi connectivity index (χ3n) is 6.80. The third kappa shape index (κ3) is 3.75. The second-order valence-corrected chi connectivity index (χ2v) is 10.5. The zero-order chi connectivity index (χ0) is 20.2. The number of fused-ring (bicyclic) bond motifs is 1. The van der Waals surface area contributed by atoms with E-state index in [1.807, 2.05) is 23.7 Å². The lowest BCUT2D eigenvalue weighted by molar-refractivity contribution is -0.117. The van der Waals surface area contributed by atoms with Crippen LogP contribution in [-0.4, -0.2) is 32.8 Å². The van der Waals surface area contributed by atoms with Crippen molar-refractivity contribution < 1.29 is 9.59 Å². The summed E-state index contributed by atoms with van der Waals surface area (Å²) in [5.74, 6) is 2.08. The maximum Gasteiger partial charge on any atom is 0.321 e. The van der Waals surface area contributed by atoms with Gasteiger partial charge < -0.3 is 9.88 Å². The number of urea groups is 1. The van der Waals surface area contributed by atoms with Gasteiger partial charge in [0.2, 0.25) is 5.91 Å². The van der Waals surface area contributed by atoms with Crippen LogP contribution < -0.4 is 10.6 Å². The fourth-order valence-electron chi connectivity index (χ4n) is 6.11. The van der Waals surface area contributed by atoms with E-state index in [1.54, 1.807) is 6.07 Å². The van der Waals surface area contributed by atoms with E-state index in [0.29, 0.717) is 5.02 Å². The van der Waals surface area contributed by atoms with Crippen molar-refractivity contribution in [2.24, 2.45) is 24.8 Å². The van der Waals surface area contributed by atoms with Gasteiger partial charge in [-0.2, -0.15) is 0 Å². The number of hydrogen-bond acceptors (Lipinski definition) is 4. The van der Waals surface area contributed by atoms with Crippen LogP contribution in [0.2, 0.25) is 5.02 Å². The largest absolute Gasteiger partial charge is 0.332 e. The number of carbonyl (C=O) groups is 2. The van der Waals surface area contributed by atoms with Gasteiger partial charge in [-0.05, 0) is 74.5 Å². The lowest BCUT2D eigenvalue weighted by atomic mass is 9.53. The maximum absolute atomic E-state index is 12.5. The molecule has 2 N–H and O–H groups in total. The Morgan fingerprint density at radius 3 is 2.52 bits per heavy atom.